The van der Waals surface area contributed by atoms with E-state index in [-0.39, 0.29) is 0 Å². The lowest BCUT2D eigenvalue weighted by Crippen LogP contribution is -2.71. The fourth-order valence-electron chi connectivity index (χ4n) is 12.1. The number of benzene rings is 4. The van der Waals surface area contributed by atoms with Crippen LogP contribution in [-0.2, 0) is 59.0 Å². The van der Waals surface area contributed by atoms with Gasteiger partial charge in [-0.2, -0.15) is 20.9 Å². The molecule has 0 fully saturated rings. The molecule has 0 saturated heterocycles. The average molecular weight is 1010 g/mol. The van der Waals surface area contributed by atoms with E-state index in [1.165, 1.54) is 44.8 Å². The largest absolute Gasteiger partial charge is 0.553 e. The Kier molecular flexibility index (Phi) is 12.8. The van der Waals surface area contributed by atoms with Crippen LogP contribution in [0.2, 0.25) is 6.04 Å². The zero-order valence-electron chi connectivity index (χ0n) is 42.6. The monoisotopic (exact) mass is 1010 g/mol. The Morgan fingerprint density at radius 2 is 0.863 bits per heavy atom. The maximum Gasteiger partial charge on any atom is 0.553 e. The molecule has 0 N–H and O–H groups in total. The van der Waals surface area contributed by atoms with E-state index in [0.29, 0.717) is 39.6 Å². The first kappa shape index (κ1) is 47.8. The Morgan fingerprint density at radius 1 is 0.466 bits per heavy atom. The second-order valence-electron chi connectivity index (χ2n) is 19.1. The standard InChI is InChI=1S/C61H62N4O6SSi/c1-7-69-73(70-8-2,71-9-3)36-10-35-72-40-44-17-25-48(26-18-44)60-55-33-31-53-58(46-21-13-42(14-22-46)38-67-5)51-29-27-49-57(45-19-11-41(12-20-45)37-66-4)50-28-30-52-59(47-23-15-43(16-24-47)39-68-6)54-32-34-56(60)65(54)61(62(49)51,63(50)52)64(53)55/h11-34H,7-10,35-40H2,1-6H3/q+2. The quantitative estimate of drug-likeness (QED) is 0.0382. The maximum absolute atomic E-state index is 6.14. The van der Waals surface area contributed by atoms with E-state index < -0.39 is 14.7 Å². The predicted molar refractivity (Wildman–Crippen MR) is 291 cm³/mol. The molecule has 0 bridgehead atoms. The molecule has 73 heavy (non-hydrogen) atoms. The van der Waals surface area contributed by atoms with Crippen LogP contribution < -0.4 is 10.7 Å². The second kappa shape index (κ2) is 19.6. The van der Waals surface area contributed by atoms with Gasteiger partial charge in [0.2, 0.25) is 22.8 Å². The molecule has 0 aliphatic carbocycles. The summed E-state index contributed by atoms with van der Waals surface area (Å²) in [7, 11) is 2.59. The highest BCUT2D eigenvalue weighted by Gasteiger charge is 2.73. The van der Waals surface area contributed by atoms with Gasteiger partial charge in [0, 0.05) is 77.3 Å². The Morgan fingerprint density at radius 3 is 1.26 bits per heavy atom. The number of nitrogens with zero attached hydrogens (tertiary/aromatic N) is 4. The number of hydrogen-bond donors (Lipinski definition) is 0. The lowest BCUT2D eigenvalue weighted by atomic mass is 9.92. The van der Waals surface area contributed by atoms with E-state index in [1.807, 2.05) is 32.5 Å². The molecule has 4 aromatic carbocycles. The normalized spacial score (nSPS) is 17.8. The van der Waals surface area contributed by atoms with Crippen molar-refractivity contribution in [2.75, 3.05) is 46.9 Å². The number of thioether (sulfide) groups is 1. The summed E-state index contributed by atoms with van der Waals surface area (Å²) in [5.74, 6) is 1.04. The number of allylic oxidation sites excluding steroid dienone is 4. The molecule has 6 aromatic rings. The molecule has 12 rings (SSSR count). The second-order valence-corrected chi connectivity index (χ2v) is 22.9. The van der Waals surface area contributed by atoms with Gasteiger partial charge in [-0.15, -0.1) is 0 Å². The molecule has 6 aliphatic heterocycles. The summed E-state index contributed by atoms with van der Waals surface area (Å²) in [5.41, 5.74) is 21.1. The summed E-state index contributed by atoms with van der Waals surface area (Å²) in [5, 5.41) is 2.32. The van der Waals surface area contributed by atoms with Crippen LogP contribution in [0.15, 0.2) is 157 Å². The maximum atomic E-state index is 6.14. The molecule has 1 spiro atoms. The van der Waals surface area contributed by atoms with Gasteiger partial charge in [0.25, 0.3) is 0 Å². The van der Waals surface area contributed by atoms with Crippen molar-refractivity contribution >= 4 is 54.3 Å². The van der Waals surface area contributed by atoms with Crippen LogP contribution in [0.4, 0.5) is 0 Å². The molecule has 370 valence electrons. The molecule has 10 nitrogen and oxygen atoms in total. The van der Waals surface area contributed by atoms with Crippen LogP contribution in [0.5, 0.6) is 0 Å². The molecule has 2 aromatic heterocycles. The van der Waals surface area contributed by atoms with Crippen molar-refractivity contribution in [2.24, 2.45) is 0 Å². The van der Waals surface area contributed by atoms with Crippen molar-refractivity contribution < 1.29 is 36.6 Å². The van der Waals surface area contributed by atoms with Crippen LogP contribution in [0.3, 0.4) is 0 Å². The SMILES string of the molecule is CCO[Si](CCCSCc1ccc(C2=C3C=CC4=[N+]3C35n6c(ccc62)C(c2ccc(COC)cc2)=C2C=CC(=[N+]23)C(c2ccc(COC)cc2)=c2ccc(n25)=C4c2ccc(COC)cc2)cc1)(OCC)OCC. The molecule has 1 atom stereocenters. The molecular formula is C61H62N4O6SSi+2. The fraction of sp³-hybridized carbons (Fsp3) is 0.279. The number of rotatable bonds is 22. The molecule has 8 heterocycles. The third kappa shape index (κ3) is 7.60. The van der Waals surface area contributed by atoms with E-state index in [9.17, 15) is 0 Å². The highest BCUT2D eigenvalue weighted by molar-refractivity contribution is 7.98. The van der Waals surface area contributed by atoms with Crippen LogP contribution in [0.1, 0.15) is 83.1 Å². The van der Waals surface area contributed by atoms with Gasteiger partial charge in [-0.1, -0.05) is 106 Å². The highest BCUT2D eigenvalue weighted by Crippen LogP contribution is 2.53. The molecule has 0 saturated carbocycles. The summed E-state index contributed by atoms with van der Waals surface area (Å²) in [4.78, 5) is 0. The van der Waals surface area contributed by atoms with E-state index >= 15 is 0 Å². The summed E-state index contributed by atoms with van der Waals surface area (Å²) in [6.07, 6.45) is 10.4. The predicted octanol–water partition coefficient (Wildman–Crippen LogP) is 9.53. The van der Waals surface area contributed by atoms with Crippen LogP contribution in [0.25, 0.3) is 22.3 Å². The molecular weight excluding hydrogens is 945 g/mol. The molecule has 0 amide bonds. The molecule has 1 unspecified atom stereocenters. The summed E-state index contributed by atoms with van der Waals surface area (Å²) < 4.78 is 45.7. The Labute approximate surface area is 433 Å². The Hall–Kier alpha value is -6.19. The summed E-state index contributed by atoms with van der Waals surface area (Å²) in [6.45, 7) is 9.54. The van der Waals surface area contributed by atoms with Crippen molar-refractivity contribution in [3.8, 4) is 0 Å². The number of methoxy groups -OCH3 is 3. The van der Waals surface area contributed by atoms with Crippen molar-refractivity contribution in [3.05, 3.63) is 224 Å². The van der Waals surface area contributed by atoms with E-state index in [2.05, 4.69) is 164 Å². The van der Waals surface area contributed by atoms with E-state index in [1.54, 1.807) is 21.3 Å². The van der Waals surface area contributed by atoms with Crippen LogP contribution in [-0.4, -0.2) is 85.4 Å². The Bertz CT molecular complexity index is 3470. The number of hydrogen-bond acceptors (Lipinski definition) is 7. The lowest BCUT2D eigenvalue weighted by molar-refractivity contribution is -0.834. The number of aromatic nitrogens is 2. The van der Waals surface area contributed by atoms with Gasteiger partial charge in [-0.05, 0) is 102 Å². The minimum absolute atomic E-state index is 0.558. The third-order valence-corrected chi connectivity index (χ3v) is 19.1. The van der Waals surface area contributed by atoms with Gasteiger partial charge in [-0.25, -0.2) is 0 Å². The van der Waals surface area contributed by atoms with Gasteiger partial charge >= 0.3 is 14.7 Å². The zero-order valence-corrected chi connectivity index (χ0v) is 44.4. The fourth-order valence-corrected chi connectivity index (χ4v) is 15.9. The molecule has 12 heteroatoms. The van der Waals surface area contributed by atoms with E-state index in [0.717, 1.165) is 90.9 Å². The average Bonchev–Trinajstić information content (AvgIpc) is 4.30. The van der Waals surface area contributed by atoms with Crippen molar-refractivity contribution in [2.45, 2.75) is 64.7 Å². The minimum Gasteiger partial charge on any atom is -0.380 e. The lowest BCUT2D eigenvalue weighted by Gasteiger charge is -2.41. The molecule has 6 aliphatic rings. The Balaban J connectivity index is 1.04. The van der Waals surface area contributed by atoms with Crippen molar-refractivity contribution in [3.63, 3.8) is 0 Å². The van der Waals surface area contributed by atoms with Crippen LogP contribution >= 0.6 is 11.8 Å². The van der Waals surface area contributed by atoms with Gasteiger partial charge in [0.15, 0.2) is 0 Å². The summed E-state index contributed by atoms with van der Waals surface area (Å²) >= 11 is 1.96. The van der Waals surface area contributed by atoms with Crippen molar-refractivity contribution in [1.82, 2.24) is 9.13 Å². The van der Waals surface area contributed by atoms with E-state index in [4.69, 9.17) is 27.5 Å². The summed E-state index contributed by atoms with van der Waals surface area (Å²) in [6, 6.07) is 46.4. The first-order valence-electron chi connectivity index (χ1n) is 25.6. The number of ether oxygens (including phenoxy) is 3. The van der Waals surface area contributed by atoms with Crippen LogP contribution in [0, 0.1) is 0 Å². The zero-order chi connectivity index (χ0) is 49.8. The first-order chi connectivity index (χ1) is 35.9. The minimum atomic E-state index is -2.67. The molecule has 0 radical (unpaired) electrons. The smallest absolute Gasteiger partial charge is 0.380 e. The first-order valence-corrected chi connectivity index (χ1v) is 28.7. The van der Waals surface area contributed by atoms with Gasteiger partial charge in [0.05, 0.1) is 64.2 Å². The van der Waals surface area contributed by atoms with Gasteiger partial charge in [-0.3, -0.25) is 0 Å². The van der Waals surface area contributed by atoms with Gasteiger partial charge in [0.1, 0.15) is 0 Å². The van der Waals surface area contributed by atoms with Crippen molar-refractivity contribution in [1.29, 1.82) is 0 Å². The highest BCUT2D eigenvalue weighted by atomic mass is 32.2. The topological polar surface area (TPSA) is 71.3 Å². The van der Waals surface area contributed by atoms with Gasteiger partial charge < -0.3 is 27.5 Å². The third-order valence-electron chi connectivity index (χ3n) is 14.8.